The van der Waals surface area contributed by atoms with Gasteiger partial charge in [-0.3, -0.25) is 9.48 Å². The number of benzene rings is 1. The summed E-state index contributed by atoms with van der Waals surface area (Å²) in [7, 11) is 0. The number of carbonyl (C=O) groups is 1. The number of carbonyl (C=O) groups excluding carboxylic acids is 1. The molecule has 1 amide bonds. The predicted octanol–water partition coefficient (Wildman–Crippen LogP) is 2.41. The van der Waals surface area contributed by atoms with Crippen molar-refractivity contribution in [3.05, 3.63) is 59.5 Å². The summed E-state index contributed by atoms with van der Waals surface area (Å²) in [5, 5.41) is 8.18. The van der Waals surface area contributed by atoms with Gasteiger partial charge in [0.2, 0.25) is 0 Å². The summed E-state index contributed by atoms with van der Waals surface area (Å²) in [6.07, 6.45) is 1.65. The topological polar surface area (TPSA) is 86.3 Å². The fourth-order valence-electron chi connectivity index (χ4n) is 3.01. The van der Waals surface area contributed by atoms with Crippen LogP contribution in [0.25, 0.3) is 0 Å². The van der Waals surface area contributed by atoms with Crippen molar-refractivity contribution in [3.63, 3.8) is 0 Å². The van der Waals surface area contributed by atoms with Crippen molar-refractivity contribution >= 4 is 5.91 Å². The Labute approximate surface area is 156 Å². The first-order chi connectivity index (χ1) is 13.1. The molecule has 1 aromatic carbocycles. The van der Waals surface area contributed by atoms with Gasteiger partial charge in [0.05, 0.1) is 5.92 Å². The lowest BCUT2D eigenvalue weighted by Gasteiger charge is -2.37. The molecule has 0 saturated carbocycles. The first-order valence-corrected chi connectivity index (χ1v) is 8.97. The second-order valence-electron chi connectivity index (χ2n) is 6.59. The lowest BCUT2D eigenvalue weighted by atomic mass is 9.99. The quantitative estimate of drug-likeness (QED) is 0.665. The summed E-state index contributed by atoms with van der Waals surface area (Å²) in [6.45, 7) is 6.03. The third kappa shape index (κ3) is 3.55. The Morgan fingerprint density at radius 2 is 2.04 bits per heavy atom. The SMILES string of the molecule is CCn1nccc1C(=O)N1CC(c2noc(COc3ccc(C)cc3)n2)C1. The van der Waals surface area contributed by atoms with Gasteiger partial charge >= 0.3 is 0 Å². The van der Waals surface area contributed by atoms with Crippen molar-refractivity contribution in [3.8, 4) is 5.75 Å². The van der Waals surface area contributed by atoms with Crippen molar-refractivity contribution in [2.24, 2.45) is 0 Å². The number of rotatable bonds is 6. The Balaban J connectivity index is 1.31. The number of nitrogens with zero attached hydrogens (tertiary/aromatic N) is 5. The molecule has 8 nitrogen and oxygen atoms in total. The van der Waals surface area contributed by atoms with Gasteiger partial charge in [0.25, 0.3) is 11.8 Å². The van der Waals surface area contributed by atoms with Crippen molar-refractivity contribution in [1.29, 1.82) is 0 Å². The molecule has 2 aromatic heterocycles. The monoisotopic (exact) mass is 367 g/mol. The summed E-state index contributed by atoms with van der Waals surface area (Å²) in [6, 6.07) is 9.53. The molecule has 3 aromatic rings. The summed E-state index contributed by atoms with van der Waals surface area (Å²) < 4.78 is 12.6. The summed E-state index contributed by atoms with van der Waals surface area (Å²) in [5.74, 6) is 1.87. The first-order valence-electron chi connectivity index (χ1n) is 8.97. The molecule has 1 aliphatic rings. The Hall–Kier alpha value is -3.16. The van der Waals surface area contributed by atoms with E-state index in [0.717, 1.165) is 5.75 Å². The standard InChI is InChI=1S/C19H21N5O3/c1-3-24-16(8-9-20-24)19(25)23-10-14(11-23)18-21-17(27-22-18)12-26-15-6-4-13(2)5-7-15/h4-9,14H,3,10-12H2,1-2H3. The lowest BCUT2D eigenvalue weighted by Crippen LogP contribution is -2.49. The number of amides is 1. The molecule has 0 N–H and O–H groups in total. The smallest absolute Gasteiger partial charge is 0.272 e. The van der Waals surface area contributed by atoms with Crippen LogP contribution in [0.4, 0.5) is 0 Å². The molecular weight excluding hydrogens is 346 g/mol. The Kier molecular flexibility index (Phi) is 4.62. The Morgan fingerprint density at radius 3 is 2.78 bits per heavy atom. The molecule has 0 atom stereocenters. The van der Waals surface area contributed by atoms with Crippen LogP contribution in [-0.2, 0) is 13.2 Å². The van der Waals surface area contributed by atoms with Crippen molar-refractivity contribution in [2.75, 3.05) is 13.1 Å². The molecule has 0 spiro atoms. The van der Waals surface area contributed by atoms with Crippen LogP contribution in [-0.4, -0.2) is 43.8 Å². The molecule has 0 radical (unpaired) electrons. The molecule has 1 fully saturated rings. The van der Waals surface area contributed by atoms with E-state index in [9.17, 15) is 4.79 Å². The van der Waals surface area contributed by atoms with Gasteiger partial charge < -0.3 is 14.2 Å². The van der Waals surface area contributed by atoms with Crippen molar-refractivity contribution in [2.45, 2.75) is 32.9 Å². The van der Waals surface area contributed by atoms with Gasteiger partial charge in [-0.05, 0) is 32.0 Å². The molecule has 140 valence electrons. The molecule has 4 rings (SSSR count). The van der Waals surface area contributed by atoms with Gasteiger partial charge in [-0.15, -0.1) is 0 Å². The Morgan fingerprint density at radius 1 is 1.26 bits per heavy atom. The highest BCUT2D eigenvalue weighted by Crippen LogP contribution is 2.26. The number of likely N-dealkylation sites (tertiary alicyclic amines) is 1. The van der Waals surface area contributed by atoms with E-state index in [4.69, 9.17) is 9.26 Å². The van der Waals surface area contributed by atoms with Gasteiger partial charge in [0.1, 0.15) is 11.4 Å². The zero-order valence-corrected chi connectivity index (χ0v) is 15.3. The van der Waals surface area contributed by atoms with Crippen LogP contribution in [0.5, 0.6) is 5.75 Å². The van der Waals surface area contributed by atoms with E-state index in [2.05, 4.69) is 15.2 Å². The zero-order valence-electron chi connectivity index (χ0n) is 15.3. The molecule has 0 unspecified atom stereocenters. The van der Waals surface area contributed by atoms with E-state index in [1.54, 1.807) is 21.8 Å². The number of aryl methyl sites for hydroxylation is 2. The van der Waals surface area contributed by atoms with Crippen LogP contribution in [0.15, 0.2) is 41.1 Å². The third-order valence-electron chi connectivity index (χ3n) is 4.64. The fourth-order valence-corrected chi connectivity index (χ4v) is 3.01. The van der Waals surface area contributed by atoms with Crippen molar-refractivity contribution < 1.29 is 14.1 Å². The first kappa shape index (κ1) is 17.3. The molecular formula is C19H21N5O3. The van der Waals surface area contributed by atoms with Crippen LogP contribution in [0, 0.1) is 6.92 Å². The van der Waals surface area contributed by atoms with E-state index in [0.29, 0.717) is 37.0 Å². The van der Waals surface area contributed by atoms with Gasteiger partial charge in [0, 0.05) is 25.8 Å². The van der Waals surface area contributed by atoms with Gasteiger partial charge in [0.15, 0.2) is 12.4 Å². The number of ether oxygens (including phenoxy) is 1. The van der Waals surface area contributed by atoms with Crippen LogP contribution < -0.4 is 4.74 Å². The van der Waals surface area contributed by atoms with Gasteiger partial charge in [-0.1, -0.05) is 22.9 Å². The maximum atomic E-state index is 12.5. The van der Waals surface area contributed by atoms with Crippen LogP contribution in [0.1, 0.15) is 40.6 Å². The largest absolute Gasteiger partial charge is 0.484 e. The maximum absolute atomic E-state index is 12.5. The van der Waals surface area contributed by atoms with E-state index >= 15 is 0 Å². The number of hydrogen-bond acceptors (Lipinski definition) is 6. The van der Waals surface area contributed by atoms with Crippen LogP contribution in [0.3, 0.4) is 0 Å². The molecule has 8 heteroatoms. The van der Waals surface area contributed by atoms with E-state index in [-0.39, 0.29) is 18.4 Å². The molecule has 1 saturated heterocycles. The fraction of sp³-hybridized carbons (Fsp3) is 0.368. The minimum atomic E-state index is -0.0166. The van der Waals surface area contributed by atoms with E-state index < -0.39 is 0 Å². The highest BCUT2D eigenvalue weighted by Gasteiger charge is 2.36. The minimum Gasteiger partial charge on any atom is -0.484 e. The Bertz CT molecular complexity index is 925. The van der Waals surface area contributed by atoms with Crippen LogP contribution >= 0.6 is 0 Å². The minimum absolute atomic E-state index is 0.0166. The molecule has 27 heavy (non-hydrogen) atoms. The second-order valence-corrected chi connectivity index (χ2v) is 6.59. The lowest BCUT2D eigenvalue weighted by molar-refractivity contribution is 0.0579. The molecule has 0 bridgehead atoms. The third-order valence-corrected chi connectivity index (χ3v) is 4.64. The maximum Gasteiger partial charge on any atom is 0.272 e. The summed E-state index contributed by atoms with van der Waals surface area (Å²) in [5.41, 5.74) is 1.78. The molecule has 1 aliphatic heterocycles. The molecule has 0 aliphatic carbocycles. The van der Waals surface area contributed by atoms with Crippen LogP contribution in [0.2, 0.25) is 0 Å². The normalized spacial score (nSPS) is 14.2. The average Bonchev–Trinajstić information content (AvgIpc) is 3.29. The van der Waals surface area contributed by atoms with Gasteiger partial charge in [-0.25, -0.2) is 0 Å². The van der Waals surface area contributed by atoms with Gasteiger partial charge in [-0.2, -0.15) is 10.1 Å². The zero-order chi connectivity index (χ0) is 18.8. The van der Waals surface area contributed by atoms with E-state index in [1.165, 1.54) is 5.56 Å². The molecule has 3 heterocycles. The second kappa shape index (κ2) is 7.22. The highest BCUT2D eigenvalue weighted by atomic mass is 16.5. The summed E-state index contributed by atoms with van der Waals surface area (Å²) in [4.78, 5) is 18.7. The predicted molar refractivity (Wildman–Crippen MR) is 96.4 cm³/mol. The van der Waals surface area contributed by atoms with E-state index in [1.807, 2.05) is 38.1 Å². The number of hydrogen-bond donors (Lipinski definition) is 0. The summed E-state index contributed by atoms with van der Waals surface area (Å²) >= 11 is 0. The van der Waals surface area contributed by atoms with Crippen molar-refractivity contribution in [1.82, 2.24) is 24.8 Å². The highest BCUT2D eigenvalue weighted by molar-refractivity contribution is 5.93. The average molecular weight is 367 g/mol. The number of aromatic nitrogens is 4.